The van der Waals surface area contributed by atoms with E-state index in [2.05, 4.69) is 5.10 Å². The van der Waals surface area contributed by atoms with Crippen LogP contribution in [-0.2, 0) is 4.79 Å². The van der Waals surface area contributed by atoms with Gasteiger partial charge in [0.05, 0.1) is 22.6 Å². The van der Waals surface area contributed by atoms with Crippen LogP contribution < -0.4 is 10.5 Å². The predicted octanol–water partition coefficient (Wildman–Crippen LogP) is 3.25. The first kappa shape index (κ1) is 19.0. The Morgan fingerprint density at radius 1 is 1.12 bits per heavy atom. The third kappa shape index (κ3) is 3.68. The van der Waals surface area contributed by atoms with E-state index in [4.69, 9.17) is 34.8 Å². The van der Waals surface area contributed by atoms with Crippen LogP contribution in [0.15, 0.2) is 29.2 Å². The van der Waals surface area contributed by atoms with Gasteiger partial charge in [-0.25, -0.2) is 0 Å². The average molecular weight is 416 g/mol. The molecular formula is C17H17Cl3N4O2. The molecule has 0 radical (unpaired) electrons. The fourth-order valence-electron chi connectivity index (χ4n) is 2.89. The predicted molar refractivity (Wildman–Crippen MR) is 104 cm³/mol. The van der Waals surface area contributed by atoms with Gasteiger partial charge in [0.25, 0.3) is 5.56 Å². The SMILES string of the molecule is CCC(=O)N1CCN(c2cnn(-c3ccc(Cl)cc3Cl)c(=O)c2Cl)CC1. The molecule has 0 bridgehead atoms. The maximum Gasteiger partial charge on any atom is 0.292 e. The van der Waals surface area contributed by atoms with Crippen molar-refractivity contribution in [2.45, 2.75) is 13.3 Å². The highest BCUT2D eigenvalue weighted by atomic mass is 35.5. The summed E-state index contributed by atoms with van der Waals surface area (Å²) in [6.07, 6.45) is 2.03. The molecule has 6 nitrogen and oxygen atoms in total. The van der Waals surface area contributed by atoms with Crippen LogP contribution in [0.25, 0.3) is 5.69 Å². The number of amides is 1. The number of piperazine rings is 1. The Labute approximate surface area is 165 Å². The second-order valence-electron chi connectivity index (χ2n) is 5.88. The molecule has 0 spiro atoms. The van der Waals surface area contributed by atoms with Crippen molar-refractivity contribution in [3.05, 3.63) is 49.8 Å². The van der Waals surface area contributed by atoms with Crippen molar-refractivity contribution in [2.24, 2.45) is 0 Å². The van der Waals surface area contributed by atoms with Crippen molar-refractivity contribution in [1.29, 1.82) is 0 Å². The minimum absolute atomic E-state index is 0.0706. The van der Waals surface area contributed by atoms with E-state index in [1.807, 2.05) is 16.7 Å². The van der Waals surface area contributed by atoms with E-state index >= 15 is 0 Å². The molecule has 0 aliphatic carbocycles. The van der Waals surface area contributed by atoms with E-state index in [1.165, 1.54) is 0 Å². The molecule has 2 heterocycles. The highest BCUT2D eigenvalue weighted by Gasteiger charge is 2.23. The van der Waals surface area contributed by atoms with Crippen LogP contribution in [0, 0.1) is 0 Å². The normalized spacial score (nSPS) is 14.6. The Balaban J connectivity index is 1.87. The molecule has 0 N–H and O–H groups in total. The Morgan fingerprint density at radius 2 is 1.81 bits per heavy atom. The average Bonchev–Trinajstić information content (AvgIpc) is 2.64. The van der Waals surface area contributed by atoms with Gasteiger partial charge in [0.2, 0.25) is 5.91 Å². The maximum atomic E-state index is 12.7. The summed E-state index contributed by atoms with van der Waals surface area (Å²) in [5.74, 6) is 0.127. The van der Waals surface area contributed by atoms with Gasteiger partial charge < -0.3 is 9.80 Å². The van der Waals surface area contributed by atoms with Crippen molar-refractivity contribution in [1.82, 2.24) is 14.7 Å². The number of anilines is 1. The number of rotatable bonds is 3. The quantitative estimate of drug-likeness (QED) is 0.772. The molecule has 0 saturated carbocycles. The van der Waals surface area contributed by atoms with E-state index < -0.39 is 5.56 Å². The van der Waals surface area contributed by atoms with Crippen molar-refractivity contribution >= 4 is 46.4 Å². The summed E-state index contributed by atoms with van der Waals surface area (Å²) in [5.41, 5.74) is 0.509. The van der Waals surface area contributed by atoms with Crippen LogP contribution in [0.5, 0.6) is 0 Å². The molecule has 1 amide bonds. The molecule has 2 aromatic rings. The first-order valence-electron chi connectivity index (χ1n) is 8.18. The zero-order valence-corrected chi connectivity index (χ0v) is 16.4. The Bertz CT molecular complexity index is 892. The highest BCUT2D eigenvalue weighted by Crippen LogP contribution is 2.26. The molecule has 0 unspecified atom stereocenters. The third-order valence-electron chi connectivity index (χ3n) is 4.31. The first-order chi connectivity index (χ1) is 12.4. The molecule has 1 aromatic carbocycles. The molecule has 1 aliphatic heterocycles. The van der Waals surface area contributed by atoms with E-state index in [-0.39, 0.29) is 10.9 Å². The number of halogens is 3. The van der Waals surface area contributed by atoms with Crippen molar-refractivity contribution < 1.29 is 4.79 Å². The number of benzene rings is 1. The van der Waals surface area contributed by atoms with Gasteiger partial charge in [-0.1, -0.05) is 41.7 Å². The number of hydrogen-bond donors (Lipinski definition) is 0. The fourth-order valence-corrected chi connectivity index (χ4v) is 3.63. The van der Waals surface area contributed by atoms with Gasteiger partial charge >= 0.3 is 0 Å². The molecule has 9 heteroatoms. The molecular weight excluding hydrogens is 399 g/mol. The van der Waals surface area contributed by atoms with Crippen LogP contribution in [0.4, 0.5) is 5.69 Å². The number of carbonyl (C=O) groups excluding carboxylic acids is 1. The Hall–Kier alpha value is -1.76. The summed E-state index contributed by atoms with van der Waals surface area (Å²) in [4.78, 5) is 28.2. The van der Waals surface area contributed by atoms with Crippen LogP contribution in [0.1, 0.15) is 13.3 Å². The van der Waals surface area contributed by atoms with Crippen molar-refractivity contribution in [3.8, 4) is 5.69 Å². The molecule has 1 fully saturated rings. The molecule has 1 aromatic heterocycles. The van der Waals surface area contributed by atoms with Gasteiger partial charge in [0, 0.05) is 37.6 Å². The van der Waals surface area contributed by atoms with Gasteiger partial charge in [-0.3, -0.25) is 9.59 Å². The van der Waals surface area contributed by atoms with Crippen LogP contribution in [0.2, 0.25) is 15.1 Å². The van der Waals surface area contributed by atoms with Gasteiger partial charge in [0.1, 0.15) is 5.02 Å². The maximum absolute atomic E-state index is 12.7. The summed E-state index contributed by atoms with van der Waals surface area (Å²) in [7, 11) is 0. The second kappa shape index (κ2) is 7.86. The van der Waals surface area contributed by atoms with Crippen LogP contribution >= 0.6 is 34.8 Å². The van der Waals surface area contributed by atoms with Gasteiger partial charge in [-0.15, -0.1) is 0 Å². The van der Waals surface area contributed by atoms with E-state index in [0.29, 0.717) is 54.0 Å². The first-order valence-corrected chi connectivity index (χ1v) is 9.31. The highest BCUT2D eigenvalue weighted by molar-refractivity contribution is 6.36. The van der Waals surface area contributed by atoms with E-state index in [9.17, 15) is 9.59 Å². The molecule has 138 valence electrons. The molecule has 26 heavy (non-hydrogen) atoms. The van der Waals surface area contributed by atoms with Crippen molar-refractivity contribution in [3.63, 3.8) is 0 Å². The number of hydrogen-bond acceptors (Lipinski definition) is 4. The summed E-state index contributed by atoms with van der Waals surface area (Å²) in [6, 6.07) is 4.78. The minimum atomic E-state index is -0.458. The van der Waals surface area contributed by atoms with Crippen LogP contribution in [0.3, 0.4) is 0 Å². The Morgan fingerprint density at radius 3 is 2.42 bits per heavy atom. The van der Waals surface area contributed by atoms with E-state index in [0.717, 1.165) is 4.68 Å². The summed E-state index contributed by atoms with van der Waals surface area (Å²) in [6.45, 7) is 4.22. The lowest BCUT2D eigenvalue weighted by Crippen LogP contribution is -2.49. The lowest BCUT2D eigenvalue weighted by atomic mass is 10.2. The largest absolute Gasteiger partial charge is 0.365 e. The third-order valence-corrected chi connectivity index (χ3v) is 5.21. The van der Waals surface area contributed by atoms with Gasteiger partial charge in [-0.05, 0) is 18.2 Å². The topological polar surface area (TPSA) is 58.4 Å². The summed E-state index contributed by atoms with van der Waals surface area (Å²) < 4.78 is 1.15. The number of nitrogens with zero attached hydrogens (tertiary/aromatic N) is 4. The molecule has 1 aliphatic rings. The molecule has 0 atom stereocenters. The van der Waals surface area contributed by atoms with Gasteiger partial charge in [-0.2, -0.15) is 9.78 Å². The van der Waals surface area contributed by atoms with Gasteiger partial charge in [0.15, 0.2) is 0 Å². The fraction of sp³-hybridized carbons (Fsp3) is 0.353. The lowest BCUT2D eigenvalue weighted by molar-refractivity contribution is -0.131. The Kier molecular flexibility index (Phi) is 5.75. The standard InChI is InChI=1S/C17H17Cl3N4O2/c1-2-15(25)23-7-5-22(6-8-23)14-10-21-24(17(26)16(14)20)13-4-3-11(18)9-12(13)19/h3-4,9-10H,2,5-8H2,1H3. The minimum Gasteiger partial charge on any atom is -0.365 e. The second-order valence-corrected chi connectivity index (χ2v) is 7.10. The summed E-state index contributed by atoms with van der Waals surface area (Å²) >= 11 is 18.4. The number of aromatic nitrogens is 2. The number of carbonyl (C=O) groups is 1. The monoisotopic (exact) mass is 414 g/mol. The van der Waals surface area contributed by atoms with Crippen molar-refractivity contribution in [2.75, 3.05) is 31.1 Å². The lowest BCUT2D eigenvalue weighted by Gasteiger charge is -2.36. The summed E-state index contributed by atoms with van der Waals surface area (Å²) in [5, 5.41) is 5.06. The molecule has 3 rings (SSSR count). The van der Waals surface area contributed by atoms with E-state index in [1.54, 1.807) is 24.4 Å². The molecule has 1 saturated heterocycles. The zero-order valence-electron chi connectivity index (χ0n) is 14.1. The smallest absolute Gasteiger partial charge is 0.292 e. The zero-order chi connectivity index (χ0) is 18.8. The van der Waals surface area contributed by atoms with Crippen LogP contribution in [-0.4, -0.2) is 46.8 Å².